The first kappa shape index (κ1) is 12.3. The molecule has 0 saturated carbocycles. The Morgan fingerprint density at radius 3 is 2.65 bits per heavy atom. The number of carboxylic acids is 1. The molecule has 0 atom stereocenters. The summed E-state index contributed by atoms with van der Waals surface area (Å²) >= 11 is 0. The summed E-state index contributed by atoms with van der Waals surface area (Å²) in [5.74, 6) is -0.902. The van der Waals surface area contributed by atoms with E-state index in [2.05, 4.69) is 0 Å². The van der Waals surface area contributed by atoms with Crippen molar-refractivity contribution < 1.29 is 14.6 Å². The zero-order valence-electron chi connectivity index (χ0n) is 8.97. The largest absolute Gasteiger partial charge is 0.495 e. The minimum absolute atomic E-state index is 0.281. The lowest BCUT2D eigenvalue weighted by molar-refractivity contribution is -0.132. The van der Waals surface area contributed by atoms with Gasteiger partial charge in [0, 0.05) is 0 Å². The number of hydrogen-bond donors (Lipinski definition) is 1. The summed E-state index contributed by atoms with van der Waals surface area (Å²) in [4.78, 5) is 10.6. The first-order chi connectivity index (χ1) is 8.12. The van der Waals surface area contributed by atoms with Crippen molar-refractivity contribution in [2.45, 2.75) is 0 Å². The van der Waals surface area contributed by atoms with E-state index in [-0.39, 0.29) is 11.1 Å². The van der Waals surface area contributed by atoms with Gasteiger partial charge in [0.2, 0.25) is 0 Å². The average molecular weight is 228 g/mol. The van der Waals surface area contributed by atoms with Crippen molar-refractivity contribution in [3.05, 3.63) is 34.9 Å². The van der Waals surface area contributed by atoms with Gasteiger partial charge in [0.25, 0.3) is 0 Å². The van der Waals surface area contributed by atoms with Gasteiger partial charge in [-0.2, -0.15) is 10.5 Å². The maximum absolute atomic E-state index is 10.6. The number of carbonyl (C=O) groups is 1. The number of nitriles is 2. The summed E-state index contributed by atoms with van der Waals surface area (Å²) in [5.41, 5.74) is 0.351. The van der Waals surface area contributed by atoms with Crippen LogP contribution in [0.3, 0.4) is 0 Å². The summed E-state index contributed by atoms with van der Waals surface area (Å²) in [6, 6.07) is 8.06. The Morgan fingerprint density at radius 2 is 2.18 bits per heavy atom. The molecule has 0 fully saturated rings. The molecule has 17 heavy (non-hydrogen) atoms. The maximum atomic E-state index is 10.6. The molecule has 1 aromatic carbocycles. The molecule has 0 aliphatic rings. The van der Waals surface area contributed by atoms with Gasteiger partial charge in [-0.15, -0.1) is 0 Å². The quantitative estimate of drug-likeness (QED) is 0.625. The molecule has 0 amide bonds. The second kappa shape index (κ2) is 5.34. The van der Waals surface area contributed by atoms with Gasteiger partial charge in [-0.25, -0.2) is 4.79 Å². The van der Waals surface area contributed by atoms with Crippen LogP contribution >= 0.6 is 0 Å². The van der Waals surface area contributed by atoms with Gasteiger partial charge in [-0.1, -0.05) is 6.07 Å². The van der Waals surface area contributed by atoms with E-state index in [0.717, 1.165) is 0 Å². The lowest BCUT2D eigenvalue weighted by Crippen LogP contribution is -1.97. The molecule has 5 nitrogen and oxygen atoms in total. The van der Waals surface area contributed by atoms with Gasteiger partial charge >= 0.3 is 5.97 Å². The number of nitrogens with zero attached hydrogens (tertiary/aromatic N) is 2. The molecule has 0 aliphatic carbocycles. The van der Waals surface area contributed by atoms with Crippen LogP contribution in [-0.4, -0.2) is 18.2 Å². The number of hydrogen-bond acceptors (Lipinski definition) is 4. The summed E-state index contributed by atoms with van der Waals surface area (Å²) in [5, 5.41) is 26.1. The second-order valence-electron chi connectivity index (χ2n) is 3.05. The third kappa shape index (κ3) is 2.83. The highest BCUT2D eigenvalue weighted by molar-refractivity contribution is 5.96. The monoisotopic (exact) mass is 228 g/mol. The van der Waals surface area contributed by atoms with E-state index in [1.54, 1.807) is 18.2 Å². The van der Waals surface area contributed by atoms with Crippen molar-refractivity contribution in [3.8, 4) is 17.9 Å². The lowest BCUT2D eigenvalue weighted by Gasteiger charge is -2.02. The Morgan fingerprint density at radius 1 is 1.47 bits per heavy atom. The predicted octanol–water partition coefficient (Wildman–Crippen LogP) is 1.56. The molecule has 0 aromatic heterocycles. The molecule has 0 saturated heterocycles. The number of benzene rings is 1. The normalized spacial score (nSPS) is 10.2. The van der Waals surface area contributed by atoms with E-state index in [9.17, 15) is 4.79 Å². The van der Waals surface area contributed by atoms with Crippen LogP contribution in [-0.2, 0) is 4.79 Å². The maximum Gasteiger partial charge on any atom is 0.346 e. The van der Waals surface area contributed by atoms with Crippen molar-refractivity contribution in [2.75, 3.05) is 7.11 Å². The van der Waals surface area contributed by atoms with Crippen molar-refractivity contribution in [2.24, 2.45) is 0 Å². The number of ether oxygens (including phenoxy) is 1. The number of methoxy groups -OCH3 is 1. The molecule has 1 N–H and O–H groups in total. The summed E-state index contributed by atoms with van der Waals surface area (Å²) < 4.78 is 4.95. The minimum atomic E-state index is -1.30. The molecule has 0 unspecified atom stereocenters. The molecular weight excluding hydrogens is 220 g/mol. The van der Waals surface area contributed by atoms with Crippen LogP contribution in [0.1, 0.15) is 11.1 Å². The molecule has 84 valence electrons. The van der Waals surface area contributed by atoms with Crippen molar-refractivity contribution in [1.82, 2.24) is 0 Å². The zero-order chi connectivity index (χ0) is 12.8. The summed E-state index contributed by atoms with van der Waals surface area (Å²) in [7, 11) is 1.43. The smallest absolute Gasteiger partial charge is 0.346 e. The number of aliphatic carboxylic acids is 1. The van der Waals surface area contributed by atoms with Crippen LogP contribution < -0.4 is 4.74 Å². The van der Waals surface area contributed by atoms with E-state index < -0.39 is 5.97 Å². The molecular formula is C12H8N2O3. The summed E-state index contributed by atoms with van der Waals surface area (Å²) in [6.45, 7) is 0. The highest BCUT2D eigenvalue weighted by atomic mass is 16.5. The molecule has 1 rings (SSSR count). The molecule has 5 heteroatoms. The third-order valence-electron chi connectivity index (χ3n) is 2.01. The van der Waals surface area contributed by atoms with Gasteiger partial charge in [0.05, 0.1) is 12.7 Å². The Balaban J connectivity index is 3.23. The van der Waals surface area contributed by atoms with Crippen LogP contribution in [0.2, 0.25) is 0 Å². The van der Waals surface area contributed by atoms with Gasteiger partial charge in [0.1, 0.15) is 23.5 Å². The Hall–Kier alpha value is -2.79. The van der Waals surface area contributed by atoms with E-state index in [1.165, 1.54) is 19.3 Å². The molecule has 0 radical (unpaired) electrons. The fourth-order valence-corrected chi connectivity index (χ4v) is 1.21. The van der Waals surface area contributed by atoms with Gasteiger partial charge in [-0.05, 0) is 23.8 Å². The fraction of sp³-hybridized carbons (Fsp3) is 0.0833. The van der Waals surface area contributed by atoms with Crippen LogP contribution in [0, 0.1) is 22.7 Å². The fourth-order valence-electron chi connectivity index (χ4n) is 1.21. The van der Waals surface area contributed by atoms with Crippen molar-refractivity contribution in [1.29, 1.82) is 10.5 Å². The zero-order valence-corrected chi connectivity index (χ0v) is 8.97. The topological polar surface area (TPSA) is 94.1 Å². The number of carboxylic acid groups (broad SMARTS) is 1. The average Bonchev–Trinajstić information content (AvgIpc) is 2.35. The summed E-state index contributed by atoms with van der Waals surface area (Å²) in [6.07, 6.45) is 1.20. The minimum Gasteiger partial charge on any atom is -0.495 e. The van der Waals surface area contributed by atoms with Gasteiger partial charge in [0.15, 0.2) is 0 Å². The van der Waals surface area contributed by atoms with E-state index in [0.29, 0.717) is 11.3 Å². The van der Waals surface area contributed by atoms with E-state index >= 15 is 0 Å². The Labute approximate surface area is 97.8 Å². The van der Waals surface area contributed by atoms with E-state index in [4.69, 9.17) is 20.4 Å². The van der Waals surface area contributed by atoms with Gasteiger partial charge in [-0.3, -0.25) is 0 Å². The highest BCUT2D eigenvalue weighted by Crippen LogP contribution is 2.20. The number of rotatable bonds is 3. The standard InChI is InChI=1S/C12H8N2O3/c1-17-11-3-2-8(4-9(11)6-13)5-10(7-14)12(15)16/h2-5H,1H3,(H,15,16)/b10-5+. The Bertz CT molecular complexity index is 562. The van der Waals surface area contributed by atoms with Crippen LogP contribution in [0.15, 0.2) is 23.8 Å². The Kier molecular flexibility index (Phi) is 3.86. The second-order valence-corrected chi connectivity index (χ2v) is 3.05. The van der Waals surface area contributed by atoms with Crippen LogP contribution in [0.5, 0.6) is 5.75 Å². The van der Waals surface area contributed by atoms with Crippen molar-refractivity contribution in [3.63, 3.8) is 0 Å². The molecule has 0 spiro atoms. The molecule has 0 heterocycles. The van der Waals surface area contributed by atoms with Gasteiger partial charge < -0.3 is 9.84 Å². The first-order valence-corrected chi connectivity index (χ1v) is 4.55. The van der Waals surface area contributed by atoms with E-state index in [1.807, 2.05) is 6.07 Å². The van der Waals surface area contributed by atoms with Crippen LogP contribution in [0.4, 0.5) is 0 Å². The molecule has 1 aromatic rings. The highest BCUT2D eigenvalue weighted by Gasteiger charge is 2.07. The third-order valence-corrected chi connectivity index (χ3v) is 2.01. The molecule has 0 bridgehead atoms. The van der Waals surface area contributed by atoms with Crippen molar-refractivity contribution >= 4 is 12.0 Å². The molecule has 0 aliphatic heterocycles. The SMILES string of the molecule is COc1ccc(/C=C(\C#N)C(=O)O)cc1C#N. The first-order valence-electron chi connectivity index (χ1n) is 4.55. The van der Waals surface area contributed by atoms with Crippen LogP contribution in [0.25, 0.3) is 6.08 Å². The lowest BCUT2D eigenvalue weighted by atomic mass is 10.1. The predicted molar refractivity (Wildman–Crippen MR) is 58.9 cm³/mol.